The van der Waals surface area contributed by atoms with Crippen LogP contribution in [0.4, 0.5) is 0 Å². The van der Waals surface area contributed by atoms with Gasteiger partial charge in [0.15, 0.2) is 0 Å². The second-order valence-corrected chi connectivity index (χ2v) is 6.70. The normalized spacial score (nSPS) is 24.5. The second-order valence-electron chi connectivity index (χ2n) is 4.16. The van der Waals surface area contributed by atoms with Crippen LogP contribution >= 0.6 is 12.2 Å². The van der Waals surface area contributed by atoms with Gasteiger partial charge in [0, 0.05) is 12.6 Å². The molecule has 0 aromatic rings. The first kappa shape index (κ1) is 13.9. The molecule has 0 aliphatic carbocycles. The lowest BCUT2D eigenvalue weighted by Crippen LogP contribution is -2.46. The van der Waals surface area contributed by atoms with Gasteiger partial charge in [-0.3, -0.25) is 0 Å². The third-order valence-corrected chi connectivity index (χ3v) is 6.04. The Bertz CT molecular complexity index is 354. The first-order chi connectivity index (χ1) is 7.45. The summed E-state index contributed by atoms with van der Waals surface area (Å²) in [5.41, 5.74) is 5.51. The van der Waals surface area contributed by atoms with Crippen molar-refractivity contribution >= 4 is 27.2 Å². The molecule has 2 N–H and O–H groups in total. The minimum absolute atomic E-state index is 0.0873. The van der Waals surface area contributed by atoms with Gasteiger partial charge in [-0.25, -0.2) is 8.42 Å². The van der Waals surface area contributed by atoms with Crippen molar-refractivity contribution < 1.29 is 8.42 Å². The van der Waals surface area contributed by atoms with Gasteiger partial charge in [-0.05, 0) is 25.7 Å². The Balaban J connectivity index is 2.96. The summed E-state index contributed by atoms with van der Waals surface area (Å²) in [6, 6.07) is 0.133. The number of nitrogens with two attached hydrogens (primary N) is 1. The number of rotatable bonds is 5. The van der Waals surface area contributed by atoms with Crippen molar-refractivity contribution in [2.45, 2.75) is 50.8 Å². The molecule has 0 aromatic carbocycles. The second kappa shape index (κ2) is 5.42. The van der Waals surface area contributed by atoms with Gasteiger partial charge >= 0.3 is 0 Å². The molecule has 0 radical (unpaired) electrons. The maximum atomic E-state index is 12.3. The molecule has 1 aliphatic heterocycles. The van der Waals surface area contributed by atoms with E-state index in [-0.39, 0.29) is 11.0 Å². The molecular weight excluding hydrogens is 244 g/mol. The molecule has 2 unspecified atom stereocenters. The first-order valence-electron chi connectivity index (χ1n) is 5.75. The van der Waals surface area contributed by atoms with Crippen LogP contribution in [0.25, 0.3) is 0 Å². The molecule has 0 amide bonds. The highest BCUT2D eigenvalue weighted by atomic mass is 32.2. The molecule has 0 aromatic heterocycles. The molecule has 1 saturated heterocycles. The van der Waals surface area contributed by atoms with E-state index in [0.29, 0.717) is 13.0 Å². The van der Waals surface area contributed by atoms with Crippen LogP contribution < -0.4 is 5.73 Å². The Kier molecular flexibility index (Phi) is 4.70. The molecule has 2 atom stereocenters. The zero-order valence-electron chi connectivity index (χ0n) is 9.85. The predicted molar refractivity (Wildman–Crippen MR) is 69.8 cm³/mol. The van der Waals surface area contributed by atoms with Gasteiger partial charge in [-0.2, -0.15) is 4.31 Å². The molecule has 6 heteroatoms. The highest BCUT2D eigenvalue weighted by molar-refractivity contribution is 7.92. The van der Waals surface area contributed by atoms with E-state index in [0.717, 1.165) is 19.3 Å². The zero-order chi connectivity index (χ0) is 12.3. The average molecular weight is 264 g/mol. The van der Waals surface area contributed by atoms with E-state index in [1.807, 2.05) is 6.92 Å². The molecule has 1 fully saturated rings. The zero-order valence-corrected chi connectivity index (χ0v) is 11.5. The Morgan fingerprint density at radius 2 is 2.19 bits per heavy atom. The van der Waals surface area contributed by atoms with Crippen LogP contribution in [-0.2, 0) is 10.0 Å². The van der Waals surface area contributed by atoms with E-state index >= 15 is 0 Å². The maximum absolute atomic E-state index is 12.3. The monoisotopic (exact) mass is 264 g/mol. The summed E-state index contributed by atoms with van der Waals surface area (Å²) in [7, 11) is -3.34. The fourth-order valence-corrected chi connectivity index (χ4v) is 4.90. The van der Waals surface area contributed by atoms with Crippen molar-refractivity contribution in [1.29, 1.82) is 0 Å². The summed E-state index contributed by atoms with van der Waals surface area (Å²) in [5.74, 6) is 0. The lowest BCUT2D eigenvalue weighted by Gasteiger charge is -2.27. The summed E-state index contributed by atoms with van der Waals surface area (Å²) >= 11 is 4.85. The Morgan fingerprint density at radius 1 is 1.56 bits per heavy atom. The third-order valence-electron chi connectivity index (χ3n) is 3.17. The minimum atomic E-state index is -3.34. The summed E-state index contributed by atoms with van der Waals surface area (Å²) in [5, 5.41) is -0.699. The molecule has 4 nitrogen and oxygen atoms in total. The number of thiocarbonyl (C=S) groups is 1. The minimum Gasteiger partial charge on any atom is -0.392 e. The first-order valence-corrected chi connectivity index (χ1v) is 7.66. The van der Waals surface area contributed by atoms with Crippen molar-refractivity contribution in [2.24, 2.45) is 5.73 Å². The summed E-state index contributed by atoms with van der Waals surface area (Å²) in [4.78, 5) is 0.0873. The lowest BCUT2D eigenvalue weighted by atomic mass is 10.2. The van der Waals surface area contributed by atoms with Gasteiger partial charge in [-0.15, -0.1) is 0 Å². The van der Waals surface area contributed by atoms with E-state index in [2.05, 4.69) is 0 Å². The van der Waals surface area contributed by atoms with Gasteiger partial charge in [0.05, 0.1) is 4.99 Å². The molecule has 0 spiro atoms. The number of hydrogen-bond donors (Lipinski definition) is 1. The quantitative estimate of drug-likeness (QED) is 0.759. The van der Waals surface area contributed by atoms with Gasteiger partial charge in [0.25, 0.3) is 0 Å². The van der Waals surface area contributed by atoms with Crippen LogP contribution in [0.2, 0.25) is 0 Å². The summed E-state index contributed by atoms with van der Waals surface area (Å²) in [6.07, 6.45) is 3.19. The number of sulfonamides is 1. The topological polar surface area (TPSA) is 63.4 Å². The Labute approximate surface area is 103 Å². The number of hydrogen-bond acceptors (Lipinski definition) is 3. The fourth-order valence-electron chi connectivity index (χ4n) is 2.27. The van der Waals surface area contributed by atoms with E-state index in [1.54, 1.807) is 11.2 Å². The molecule has 1 rings (SSSR count). The Hall–Kier alpha value is -0.200. The summed E-state index contributed by atoms with van der Waals surface area (Å²) < 4.78 is 26.3. The molecule has 1 heterocycles. The van der Waals surface area contributed by atoms with Crippen LogP contribution in [0.5, 0.6) is 0 Å². The largest absolute Gasteiger partial charge is 0.392 e. The van der Waals surface area contributed by atoms with Crippen molar-refractivity contribution in [1.82, 2.24) is 4.31 Å². The van der Waals surface area contributed by atoms with Crippen LogP contribution in [0.3, 0.4) is 0 Å². The van der Waals surface area contributed by atoms with E-state index in [1.165, 1.54) is 0 Å². The standard InChI is InChI=1S/C10H20N2O2S2/c1-3-8-6-5-7-12(8)16(13,14)9(4-2)10(11)15/h8-9H,3-7H2,1-2H3,(H2,11,15). The molecule has 0 saturated carbocycles. The molecule has 94 valence electrons. The van der Waals surface area contributed by atoms with Gasteiger partial charge in [0.2, 0.25) is 10.0 Å². The Morgan fingerprint density at radius 3 is 2.62 bits per heavy atom. The third kappa shape index (κ3) is 2.55. The van der Waals surface area contributed by atoms with Gasteiger partial charge < -0.3 is 5.73 Å². The van der Waals surface area contributed by atoms with Gasteiger partial charge in [0.1, 0.15) is 5.25 Å². The molecule has 1 aliphatic rings. The highest BCUT2D eigenvalue weighted by Gasteiger charge is 2.38. The van der Waals surface area contributed by atoms with E-state index in [4.69, 9.17) is 18.0 Å². The van der Waals surface area contributed by atoms with E-state index < -0.39 is 15.3 Å². The highest BCUT2D eigenvalue weighted by Crippen LogP contribution is 2.26. The van der Waals surface area contributed by atoms with E-state index in [9.17, 15) is 8.42 Å². The van der Waals surface area contributed by atoms with Crippen LogP contribution in [-0.4, -0.2) is 35.5 Å². The van der Waals surface area contributed by atoms with Crippen LogP contribution in [0, 0.1) is 0 Å². The van der Waals surface area contributed by atoms with Crippen LogP contribution in [0.15, 0.2) is 0 Å². The average Bonchev–Trinajstić information content (AvgIpc) is 2.65. The van der Waals surface area contributed by atoms with Crippen molar-refractivity contribution in [2.75, 3.05) is 6.54 Å². The van der Waals surface area contributed by atoms with Gasteiger partial charge in [-0.1, -0.05) is 26.1 Å². The van der Waals surface area contributed by atoms with Crippen LogP contribution in [0.1, 0.15) is 39.5 Å². The maximum Gasteiger partial charge on any atom is 0.223 e. The van der Waals surface area contributed by atoms with Crippen molar-refractivity contribution in [3.8, 4) is 0 Å². The molecule has 0 bridgehead atoms. The predicted octanol–water partition coefficient (Wildman–Crippen LogP) is 1.26. The molecule has 16 heavy (non-hydrogen) atoms. The number of nitrogens with zero attached hydrogens (tertiary/aromatic N) is 1. The SMILES string of the molecule is CCC1CCCN1S(=O)(=O)C(CC)C(N)=S. The molecular formula is C10H20N2O2S2. The smallest absolute Gasteiger partial charge is 0.223 e. The summed E-state index contributed by atoms with van der Waals surface area (Å²) in [6.45, 7) is 4.43. The van der Waals surface area contributed by atoms with Crippen molar-refractivity contribution in [3.05, 3.63) is 0 Å². The fraction of sp³-hybridized carbons (Fsp3) is 0.900. The van der Waals surface area contributed by atoms with Crippen molar-refractivity contribution in [3.63, 3.8) is 0 Å². The lowest BCUT2D eigenvalue weighted by molar-refractivity contribution is 0.377.